The lowest BCUT2D eigenvalue weighted by Crippen LogP contribution is -2.17. The Labute approximate surface area is 189 Å². The number of thioether (sulfide) groups is 1. The van der Waals surface area contributed by atoms with Gasteiger partial charge in [-0.15, -0.1) is 10.2 Å². The Morgan fingerprint density at radius 3 is 2.72 bits per heavy atom. The van der Waals surface area contributed by atoms with Gasteiger partial charge in [-0.05, 0) is 43.7 Å². The largest absolute Gasteiger partial charge is 0.467 e. The molecule has 1 N–H and O–H groups in total. The summed E-state index contributed by atoms with van der Waals surface area (Å²) >= 11 is 1.31. The predicted octanol–water partition coefficient (Wildman–Crippen LogP) is 4.79. The van der Waals surface area contributed by atoms with E-state index in [1.165, 1.54) is 11.8 Å². The van der Waals surface area contributed by atoms with E-state index in [2.05, 4.69) is 21.6 Å². The summed E-state index contributed by atoms with van der Waals surface area (Å²) in [5.41, 5.74) is 3.04. The molecule has 0 radical (unpaired) electrons. The second-order valence-corrected chi connectivity index (χ2v) is 8.14. The average Bonchev–Trinajstić information content (AvgIpc) is 3.53. The van der Waals surface area contributed by atoms with Gasteiger partial charge in [-0.3, -0.25) is 4.79 Å². The molecular weight excluding hydrogens is 426 g/mol. The van der Waals surface area contributed by atoms with Gasteiger partial charge in [0.1, 0.15) is 17.6 Å². The van der Waals surface area contributed by atoms with E-state index in [9.17, 15) is 10.1 Å². The fourth-order valence-electron chi connectivity index (χ4n) is 3.28. The number of benzene rings is 1. The van der Waals surface area contributed by atoms with Gasteiger partial charge in [-0.2, -0.15) is 5.26 Å². The van der Waals surface area contributed by atoms with Crippen molar-refractivity contribution in [2.75, 3.05) is 11.1 Å². The van der Waals surface area contributed by atoms with Crippen molar-refractivity contribution in [1.29, 1.82) is 5.26 Å². The van der Waals surface area contributed by atoms with Gasteiger partial charge in [0.05, 0.1) is 18.4 Å². The molecule has 1 amide bonds. The summed E-state index contributed by atoms with van der Waals surface area (Å²) in [5, 5.41) is 21.0. The van der Waals surface area contributed by atoms with Gasteiger partial charge < -0.3 is 18.7 Å². The molecule has 0 aliphatic rings. The molecule has 3 heterocycles. The quantitative estimate of drug-likeness (QED) is 0.387. The average molecular weight is 448 g/mol. The van der Waals surface area contributed by atoms with Crippen molar-refractivity contribution in [3.05, 3.63) is 71.3 Å². The molecule has 0 fully saturated rings. The maximum atomic E-state index is 12.6. The van der Waals surface area contributed by atoms with Gasteiger partial charge in [-0.25, -0.2) is 0 Å². The fraction of sp³-hybridized carbons (Fsp3) is 0.217. The first kappa shape index (κ1) is 21.5. The molecule has 32 heavy (non-hydrogen) atoms. The molecule has 9 heteroatoms. The molecule has 0 aliphatic heterocycles. The molecule has 0 bridgehead atoms. The van der Waals surface area contributed by atoms with Crippen molar-refractivity contribution in [3.8, 4) is 17.5 Å². The Morgan fingerprint density at radius 1 is 1.19 bits per heavy atom. The Hall–Kier alpha value is -3.77. The standard InChI is InChI=1S/C23H21N5O3S/c1-15-16(2)28(14-18-9-6-11-30-18)21(19(15)13-24)25-20(29)10-12-32-23-27-26-22(31-23)17-7-4-3-5-8-17/h3-9,11H,10,12,14H2,1-2H3,(H,25,29). The zero-order valence-electron chi connectivity index (χ0n) is 17.7. The van der Waals surface area contributed by atoms with Gasteiger partial charge in [-0.1, -0.05) is 30.0 Å². The number of nitrogens with one attached hydrogen (secondary N) is 1. The number of anilines is 1. The summed E-state index contributed by atoms with van der Waals surface area (Å²) in [6, 6.07) is 15.4. The van der Waals surface area contributed by atoms with Crippen LogP contribution in [0.25, 0.3) is 11.5 Å². The molecule has 0 atom stereocenters. The number of carbonyl (C=O) groups excluding carboxylic acids is 1. The predicted molar refractivity (Wildman–Crippen MR) is 120 cm³/mol. The lowest BCUT2D eigenvalue weighted by molar-refractivity contribution is -0.115. The van der Waals surface area contributed by atoms with Crippen LogP contribution in [0.1, 0.15) is 29.0 Å². The van der Waals surface area contributed by atoms with Crippen LogP contribution in [-0.2, 0) is 11.3 Å². The molecular formula is C23H21N5O3S. The molecule has 3 aromatic heterocycles. The van der Waals surface area contributed by atoms with Gasteiger partial charge in [0.2, 0.25) is 11.8 Å². The number of nitriles is 1. The van der Waals surface area contributed by atoms with E-state index in [-0.39, 0.29) is 12.3 Å². The van der Waals surface area contributed by atoms with Crippen LogP contribution in [0.3, 0.4) is 0 Å². The minimum absolute atomic E-state index is 0.199. The smallest absolute Gasteiger partial charge is 0.276 e. The second-order valence-electron chi connectivity index (χ2n) is 7.10. The Bertz CT molecular complexity index is 1250. The van der Waals surface area contributed by atoms with Crippen molar-refractivity contribution in [1.82, 2.24) is 14.8 Å². The molecule has 4 rings (SSSR count). The maximum Gasteiger partial charge on any atom is 0.276 e. The van der Waals surface area contributed by atoms with Crippen LogP contribution in [0.2, 0.25) is 0 Å². The summed E-state index contributed by atoms with van der Waals surface area (Å²) in [5.74, 6) is 1.93. The topological polar surface area (TPSA) is 110 Å². The molecule has 0 unspecified atom stereocenters. The van der Waals surface area contributed by atoms with Crippen molar-refractivity contribution in [2.24, 2.45) is 0 Å². The molecule has 0 aliphatic carbocycles. The minimum atomic E-state index is -0.199. The van der Waals surface area contributed by atoms with Crippen LogP contribution >= 0.6 is 11.8 Å². The van der Waals surface area contributed by atoms with Crippen molar-refractivity contribution in [2.45, 2.75) is 32.0 Å². The van der Waals surface area contributed by atoms with Gasteiger partial charge >= 0.3 is 0 Å². The summed E-state index contributed by atoms with van der Waals surface area (Å²) in [4.78, 5) is 12.6. The first-order valence-corrected chi connectivity index (χ1v) is 11.0. The zero-order chi connectivity index (χ0) is 22.5. The van der Waals surface area contributed by atoms with Gasteiger partial charge in [0.25, 0.3) is 5.22 Å². The number of hydrogen-bond donors (Lipinski definition) is 1. The molecule has 4 aromatic rings. The van der Waals surface area contributed by atoms with E-state index in [1.807, 2.05) is 60.9 Å². The van der Waals surface area contributed by atoms with Gasteiger partial charge in [0, 0.05) is 23.4 Å². The molecule has 8 nitrogen and oxygen atoms in total. The summed E-state index contributed by atoms with van der Waals surface area (Å²) in [7, 11) is 0. The molecule has 0 saturated heterocycles. The van der Waals surface area contributed by atoms with Crippen LogP contribution in [0.15, 0.2) is 62.8 Å². The summed E-state index contributed by atoms with van der Waals surface area (Å²) in [6.07, 6.45) is 1.82. The van der Waals surface area contributed by atoms with Crippen LogP contribution < -0.4 is 5.32 Å². The van der Waals surface area contributed by atoms with Crippen LogP contribution in [-0.4, -0.2) is 26.4 Å². The molecule has 162 valence electrons. The number of furan rings is 1. The highest BCUT2D eigenvalue weighted by Crippen LogP contribution is 2.28. The van der Waals surface area contributed by atoms with E-state index in [0.29, 0.717) is 34.8 Å². The number of hydrogen-bond acceptors (Lipinski definition) is 7. The van der Waals surface area contributed by atoms with Crippen LogP contribution in [0.4, 0.5) is 5.82 Å². The normalized spacial score (nSPS) is 10.8. The summed E-state index contributed by atoms with van der Waals surface area (Å²) in [6.45, 7) is 4.22. The van der Waals surface area contributed by atoms with Crippen molar-refractivity contribution < 1.29 is 13.6 Å². The zero-order valence-corrected chi connectivity index (χ0v) is 18.5. The lowest BCUT2D eigenvalue weighted by Gasteiger charge is -2.11. The highest BCUT2D eigenvalue weighted by molar-refractivity contribution is 7.99. The van der Waals surface area contributed by atoms with E-state index >= 15 is 0 Å². The number of nitrogens with zero attached hydrogens (tertiary/aromatic N) is 4. The van der Waals surface area contributed by atoms with Crippen molar-refractivity contribution >= 4 is 23.5 Å². The number of carbonyl (C=O) groups is 1. The van der Waals surface area contributed by atoms with Gasteiger partial charge in [0.15, 0.2) is 0 Å². The number of aromatic nitrogens is 3. The van der Waals surface area contributed by atoms with Crippen molar-refractivity contribution in [3.63, 3.8) is 0 Å². The Balaban J connectivity index is 1.40. The van der Waals surface area contributed by atoms with E-state index < -0.39 is 0 Å². The molecule has 0 saturated carbocycles. The monoisotopic (exact) mass is 447 g/mol. The lowest BCUT2D eigenvalue weighted by atomic mass is 10.2. The summed E-state index contributed by atoms with van der Waals surface area (Å²) < 4.78 is 13.0. The van der Waals surface area contributed by atoms with E-state index in [1.54, 1.807) is 6.26 Å². The highest BCUT2D eigenvalue weighted by Gasteiger charge is 2.20. The van der Waals surface area contributed by atoms with Crippen LogP contribution in [0, 0.1) is 25.2 Å². The highest BCUT2D eigenvalue weighted by atomic mass is 32.2. The maximum absolute atomic E-state index is 12.6. The minimum Gasteiger partial charge on any atom is -0.467 e. The first-order valence-electron chi connectivity index (χ1n) is 10.0. The Kier molecular flexibility index (Phi) is 6.42. The SMILES string of the molecule is Cc1c(C#N)c(NC(=O)CCSc2nnc(-c3ccccc3)o2)n(Cc2ccco2)c1C. The number of rotatable bonds is 8. The first-order chi connectivity index (χ1) is 15.6. The van der Waals surface area contributed by atoms with E-state index in [0.717, 1.165) is 22.6 Å². The molecule has 1 aromatic carbocycles. The second kappa shape index (κ2) is 9.58. The third kappa shape index (κ3) is 4.60. The fourth-order valence-corrected chi connectivity index (χ4v) is 3.98. The molecule has 0 spiro atoms. The number of amides is 1. The third-order valence-corrected chi connectivity index (χ3v) is 5.90. The van der Waals surface area contributed by atoms with Crippen LogP contribution in [0.5, 0.6) is 0 Å². The third-order valence-electron chi connectivity index (χ3n) is 5.07. The Morgan fingerprint density at radius 2 is 2.00 bits per heavy atom. The van der Waals surface area contributed by atoms with E-state index in [4.69, 9.17) is 8.83 Å².